The molecule has 4 aliphatic rings. The molecule has 8 rings (SSSR count). The van der Waals surface area contributed by atoms with E-state index in [9.17, 15) is 24.6 Å². The molecule has 1 aliphatic carbocycles. The summed E-state index contributed by atoms with van der Waals surface area (Å²) in [6, 6.07) is 26.8. The van der Waals surface area contributed by atoms with Crippen molar-refractivity contribution in [3.8, 4) is 17.6 Å². The van der Waals surface area contributed by atoms with Gasteiger partial charge in [0.15, 0.2) is 0 Å². The van der Waals surface area contributed by atoms with Crippen LogP contribution >= 0.6 is 0 Å². The molecule has 13 nitrogen and oxygen atoms in total. The van der Waals surface area contributed by atoms with Crippen LogP contribution in [0.1, 0.15) is 84.5 Å². The highest BCUT2D eigenvalue weighted by atomic mass is 16.6. The summed E-state index contributed by atoms with van der Waals surface area (Å²) in [5, 5.41) is 21.5. The number of carbonyl (C=O) groups is 4. The van der Waals surface area contributed by atoms with Crippen LogP contribution < -0.4 is 15.4 Å². The zero-order valence-corrected chi connectivity index (χ0v) is 33.9. The Labute approximate surface area is 354 Å². The maximum atomic E-state index is 16.0. The van der Waals surface area contributed by atoms with E-state index in [4.69, 9.17) is 24.7 Å². The number of primary amides is 1. The van der Waals surface area contributed by atoms with E-state index in [1.54, 1.807) is 42.5 Å². The Morgan fingerprint density at radius 1 is 0.852 bits per heavy atom. The number of ether oxygens (including phenoxy) is 4. The number of methoxy groups -OCH3 is 1. The molecule has 3 fully saturated rings. The molecule has 3 amide bonds. The van der Waals surface area contributed by atoms with Crippen LogP contribution in [0.15, 0.2) is 103 Å². The SMILES string of the molecule is COCCOC(=O)N1C(=O)C2(c3cc(C#CC4(O)CCCCCC4)ccc31)C(C(N)=O)C1C(=O)OC(c3ccccc3)C(c3ccccc3)N1C2c1ccccc1OCCO. The number of anilines is 1. The van der Waals surface area contributed by atoms with Crippen LogP contribution in [0.2, 0.25) is 0 Å². The van der Waals surface area contributed by atoms with Gasteiger partial charge >= 0.3 is 12.1 Å². The fourth-order valence-electron chi connectivity index (χ4n) is 9.86. The number of imide groups is 1. The summed E-state index contributed by atoms with van der Waals surface area (Å²) in [7, 11) is 1.45. The number of aliphatic hydroxyl groups is 2. The van der Waals surface area contributed by atoms with Crippen molar-refractivity contribution in [2.24, 2.45) is 11.7 Å². The van der Waals surface area contributed by atoms with Crippen molar-refractivity contribution >= 4 is 29.6 Å². The summed E-state index contributed by atoms with van der Waals surface area (Å²) >= 11 is 0. The number of fused-ring (bicyclic) bond motifs is 3. The molecule has 13 heteroatoms. The first-order chi connectivity index (χ1) is 29.6. The molecule has 0 aromatic heterocycles. The predicted molar refractivity (Wildman–Crippen MR) is 223 cm³/mol. The number of cyclic esters (lactones) is 1. The van der Waals surface area contributed by atoms with E-state index < -0.39 is 65.0 Å². The van der Waals surface area contributed by atoms with Gasteiger partial charge in [-0.25, -0.2) is 9.69 Å². The summed E-state index contributed by atoms with van der Waals surface area (Å²) in [4.78, 5) is 62.4. The van der Waals surface area contributed by atoms with Crippen LogP contribution in [0.3, 0.4) is 0 Å². The van der Waals surface area contributed by atoms with Crippen LogP contribution in [0.5, 0.6) is 5.75 Å². The fourth-order valence-corrected chi connectivity index (χ4v) is 9.86. The summed E-state index contributed by atoms with van der Waals surface area (Å²) in [6.45, 7) is -0.569. The number of para-hydroxylation sites is 1. The number of esters is 1. The lowest BCUT2D eigenvalue weighted by atomic mass is 9.65. The molecule has 0 radical (unpaired) electrons. The molecule has 61 heavy (non-hydrogen) atoms. The van der Waals surface area contributed by atoms with E-state index in [0.29, 0.717) is 35.1 Å². The maximum Gasteiger partial charge on any atom is 0.421 e. The van der Waals surface area contributed by atoms with Crippen LogP contribution in [0.25, 0.3) is 0 Å². The molecule has 1 spiro atoms. The van der Waals surface area contributed by atoms with E-state index in [1.165, 1.54) is 7.11 Å². The highest BCUT2D eigenvalue weighted by Gasteiger charge is 2.76. The first-order valence-corrected chi connectivity index (χ1v) is 20.7. The van der Waals surface area contributed by atoms with Gasteiger partial charge < -0.3 is 34.9 Å². The number of nitrogens with zero attached hydrogens (tertiary/aromatic N) is 2. The molecule has 0 bridgehead atoms. The fraction of sp³-hybridized carbons (Fsp3) is 0.375. The van der Waals surface area contributed by atoms with Gasteiger partial charge in [-0.15, -0.1) is 0 Å². The maximum absolute atomic E-state index is 16.0. The Morgan fingerprint density at radius 3 is 2.20 bits per heavy atom. The largest absolute Gasteiger partial charge is 0.491 e. The van der Waals surface area contributed by atoms with Gasteiger partial charge in [0.2, 0.25) is 11.8 Å². The number of carbonyl (C=O) groups excluding carboxylic acids is 4. The number of morpholine rings is 1. The van der Waals surface area contributed by atoms with Crippen LogP contribution in [0.4, 0.5) is 10.5 Å². The predicted octanol–water partition coefficient (Wildman–Crippen LogP) is 5.43. The molecule has 6 unspecified atom stereocenters. The summed E-state index contributed by atoms with van der Waals surface area (Å²) in [5.41, 5.74) is 5.63. The topological polar surface area (TPSA) is 178 Å². The van der Waals surface area contributed by atoms with Crippen molar-refractivity contribution in [1.29, 1.82) is 0 Å². The second-order valence-electron chi connectivity index (χ2n) is 16.0. The second-order valence-corrected chi connectivity index (χ2v) is 16.0. The van der Waals surface area contributed by atoms with Crippen molar-refractivity contribution in [3.05, 3.63) is 131 Å². The van der Waals surface area contributed by atoms with Crippen LogP contribution in [-0.2, 0) is 34.0 Å². The van der Waals surface area contributed by atoms with Gasteiger partial charge in [0.1, 0.15) is 42.1 Å². The van der Waals surface area contributed by atoms with Gasteiger partial charge in [-0.3, -0.25) is 19.3 Å². The second kappa shape index (κ2) is 17.5. The monoisotopic (exact) mass is 827 g/mol. The molecule has 4 aromatic carbocycles. The zero-order chi connectivity index (χ0) is 42.7. The average molecular weight is 828 g/mol. The number of hydrogen-bond donors (Lipinski definition) is 3. The van der Waals surface area contributed by atoms with Gasteiger partial charge in [-0.1, -0.05) is 104 Å². The highest BCUT2D eigenvalue weighted by Crippen LogP contribution is 2.66. The third-order valence-corrected chi connectivity index (χ3v) is 12.4. The lowest BCUT2D eigenvalue weighted by Crippen LogP contribution is -2.55. The standard InChI is InChI=1S/C48H49N3O10/c1-58-28-29-60-46(56)50-36-21-20-31(22-25-47(57)23-12-2-3-13-24-47)30-35(36)48(45(50)55)38(43(49)53)40-44(54)61-41(33-16-8-5-9-17-33)39(32-14-6-4-7-15-32)51(40)42(48)34-18-10-11-19-37(34)59-27-26-52/h4-11,14-21,30,38-42,52,57H,2-3,12-13,23-24,26-29H2,1H3,(H2,49,53). The quantitative estimate of drug-likeness (QED) is 0.0804. The van der Waals surface area contributed by atoms with Gasteiger partial charge in [0.25, 0.3) is 0 Å². The number of rotatable bonds is 10. The van der Waals surface area contributed by atoms with Crippen molar-refractivity contribution in [2.75, 3.05) is 38.4 Å². The van der Waals surface area contributed by atoms with Crippen LogP contribution in [0, 0.1) is 17.8 Å². The Hall–Kier alpha value is -6.04. The first-order valence-electron chi connectivity index (χ1n) is 20.7. The minimum atomic E-state index is -2.11. The molecular formula is C48H49N3O10. The van der Waals surface area contributed by atoms with E-state index in [0.717, 1.165) is 30.6 Å². The Kier molecular flexibility index (Phi) is 12.0. The Bertz CT molecular complexity index is 2340. The molecule has 4 aromatic rings. The highest BCUT2D eigenvalue weighted by molar-refractivity contribution is 6.23. The minimum Gasteiger partial charge on any atom is -0.491 e. The van der Waals surface area contributed by atoms with Gasteiger partial charge in [-0.2, -0.15) is 0 Å². The average Bonchev–Trinajstić information content (AvgIpc) is 3.61. The van der Waals surface area contributed by atoms with Gasteiger partial charge in [0, 0.05) is 18.2 Å². The van der Waals surface area contributed by atoms with Crippen molar-refractivity contribution in [2.45, 2.75) is 73.8 Å². The minimum absolute atomic E-state index is 0.0483. The lowest BCUT2D eigenvalue weighted by molar-refractivity contribution is -0.178. The summed E-state index contributed by atoms with van der Waals surface area (Å²) in [5.74, 6) is 2.28. The molecule has 4 N–H and O–H groups in total. The molecular weight excluding hydrogens is 779 g/mol. The van der Waals surface area contributed by atoms with Crippen molar-refractivity contribution in [3.63, 3.8) is 0 Å². The summed E-state index contributed by atoms with van der Waals surface area (Å²) in [6.07, 6.45) is 2.71. The molecule has 316 valence electrons. The van der Waals surface area contributed by atoms with E-state index >= 15 is 4.79 Å². The third-order valence-electron chi connectivity index (χ3n) is 12.4. The number of aliphatic hydroxyl groups excluding tert-OH is 1. The van der Waals surface area contributed by atoms with Crippen molar-refractivity contribution < 1.29 is 48.3 Å². The summed E-state index contributed by atoms with van der Waals surface area (Å²) < 4.78 is 23.3. The first kappa shape index (κ1) is 41.7. The molecule has 3 heterocycles. The number of nitrogens with two attached hydrogens (primary N) is 1. The zero-order valence-electron chi connectivity index (χ0n) is 33.9. The molecule has 1 saturated carbocycles. The number of benzene rings is 4. The normalized spacial score (nSPS) is 25.4. The Morgan fingerprint density at radius 2 is 1.52 bits per heavy atom. The van der Waals surface area contributed by atoms with E-state index in [2.05, 4.69) is 11.8 Å². The third kappa shape index (κ3) is 7.44. The molecule has 6 atom stereocenters. The lowest BCUT2D eigenvalue weighted by Gasteiger charge is -2.46. The van der Waals surface area contributed by atoms with E-state index in [1.807, 2.05) is 65.6 Å². The Balaban J connectivity index is 1.44. The smallest absolute Gasteiger partial charge is 0.421 e. The molecule has 3 aliphatic heterocycles. The van der Waals surface area contributed by atoms with Gasteiger partial charge in [0.05, 0.1) is 36.9 Å². The van der Waals surface area contributed by atoms with E-state index in [-0.39, 0.29) is 43.4 Å². The van der Waals surface area contributed by atoms with Crippen molar-refractivity contribution in [1.82, 2.24) is 4.90 Å². The number of amides is 3. The number of hydrogen-bond acceptors (Lipinski definition) is 11. The molecule has 2 saturated heterocycles. The van der Waals surface area contributed by atoms with Gasteiger partial charge in [-0.05, 0) is 66.6 Å². The van der Waals surface area contributed by atoms with Crippen LogP contribution in [-0.4, -0.2) is 84.2 Å².